The molecule has 10 nitrogen and oxygen atoms in total. The van der Waals surface area contributed by atoms with Gasteiger partial charge in [-0.3, -0.25) is 19.3 Å². The van der Waals surface area contributed by atoms with Crippen LogP contribution in [0, 0.1) is 10.1 Å². The summed E-state index contributed by atoms with van der Waals surface area (Å²) in [6, 6.07) is 8.80. The van der Waals surface area contributed by atoms with Crippen LogP contribution in [0.5, 0.6) is 0 Å². The van der Waals surface area contributed by atoms with Gasteiger partial charge in [-0.15, -0.1) is 10.2 Å². The molecule has 10 heteroatoms. The summed E-state index contributed by atoms with van der Waals surface area (Å²) in [5.74, 6) is -0.828. The molecule has 3 aromatic rings. The van der Waals surface area contributed by atoms with Gasteiger partial charge in [0.15, 0.2) is 11.5 Å². The molecule has 2 aromatic heterocycles. The first-order valence-electron chi connectivity index (χ1n) is 8.03. The SMILES string of the molecule is CCOC(=O)c1cc(C(=O)NCc2nnc3ccccn23)cc([N+](=O)[O-])c1. The van der Waals surface area contributed by atoms with E-state index >= 15 is 0 Å². The van der Waals surface area contributed by atoms with E-state index in [-0.39, 0.29) is 30.0 Å². The van der Waals surface area contributed by atoms with Gasteiger partial charge in [0, 0.05) is 23.9 Å². The molecule has 0 aliphatic carbocycles. The summed E-state index contributed by atoms with van der Waals surface area (Å²) < 4.78 is 6.56. The number of nitro groups is 1. The minimum atomic E-state index is -0.737. The number of hydrogen-bond donors (Lipinski definition) is 1. The van der Waals surface area contributed by atoms with Gasteiger partial charge in [-0.1, -0.05) is 6.07 Å². The van der Waals surface area contributed by atoms with Crippen LogP contribution in [0.25, 0.3) is 5.65 Å². The van der Waals surface area contributed by atoms with Crippen molar-refractivity contribution in [3.8, 4) is 0 Å². The summed E-state index contributed by atoms with van der Waals surface area (Å²) in [5.41, 5.74) is 0.158. The van der Waals surface area contributed by atoms with E-state index in [0.717, 1.165) is 12.1 Å². The highest BCUT2D eigenvalue weighted by Gasteiger charge is 2.19. The lowest BCUT2D eigenvalue weighted by atomic mass is 10.1. The number of amides is 1. The normalized spacial score (nSPS) is 10.6. The van der Waals surface area contributed by atoms with Gasteiger partial charge in [0.05, 0.1) is 23.6 Å². The monoisotopic (exact) mass is 369 g/mol. The minimum Gasteiger partial charge on any atom is -0.462 e. The molecule has 3 rings (SSSR count). The molecular formula is C17H15N5O5. The van der Waals surface area contributed by atoms with Crippen molar-refractivity contribution in [2.75, 3.05) is 6.61 Å². The molecule has 1 aromatic carbocycles. The van der Waals surface area contributed by atoms with E-state index in [1.807, 2.05) is 6.07 Å². The highest BCUT2D eigenvalue weighted by Crippen LogP contribution is 2.18. The second-order valence-electron chi connectivity index (χ2n) is 5.47. The number of carbonyl (C=O) groups is 2. The Hall–Kier alpha value is -3.82. The maximum Gasteiger partial charge on any atom is 0.338 e. The van der Waals surface area contributed by atoms with Crippen molar-refractivity contribution < 1.29 is 19.2 Å². The van der Waals surface area contributed by atoms with Gasteiger partial charge in [-0.05, 0) is 25.1 Å². The Morgan fingerprint density at radius 2 is 2.00 bits per heavy atom. The van der Waals surface area contributed by atoms with Crippen molar-refractivity contribution in [3.63, 3.8) is 0 Å². The predicted molar refractivity (Wildman–Crippen MR) is 93.2 cm³/mol. The first-order valence-corrected chi connectivity index (χ1v) is 8.03. The number of nitro benzene ring substituents is 1. The third-order valence-corrected chi connectivity index (χ3v) is 3.69. The smallest absolute Gasteiger partial charge is 0.338 e. The van der Waals surface area contributed by atoms with Crippen LogP contribution >= 0.6 is 0 Å². The van der Waals surface area contributed by atoms with Crippen LogP contribution in [0.15, 0.2) is 42.6 Å². The van der Waals surface area contributed by atoms with Gasteiger partial charge < -0.3 is 10.1 Å². The lowest BCUT2D eigenvalue weighted by molar-refractivity contribution is -0.384. The van der Waals surface area contributed by atoms with E-state index in [9.17, 15) is 19.7 Å². The number of nitrogens with one attached hydrogen (secondary N) is 1. The lowest BCUT2D eigenvalue weighted by Gasteiger charge is -2.07. The molecule has 0 saturated carbocycles. The maximum absolute atomic E-state index is 12.4. The quantitative estimate of drug-likeness (QED) is 0.398. The molecule has 0 saturated heterocycles. The number of carbonyl (C=O) groups excluding carboxylic acids is 2. The van der Waals surface area contributed by atoms with Crippen LogP contribution in [0.4, 0.5) is 5.69 Å². The van der Waals surface area contributed by atoms with Crippen LogP contribution in [-0.2, 0) is 11.3 Å². The molecule has 2 heterocycles. The topological polar surface area (TPSA) is 129 Å². The van der Waals surface area contributed by atoms with Gasteiger partial charge in [0.25, 0.3) is 11.6 Å². The zero-order valence-electron chi connectivity index (χ0n) is 14.3. The Balaban J connectivity index is 1.82. The first-order chi connectivity index (χ1) is 13.0. The number of ether oxygens (including phenoxy) is 1. The second kappa shape index (κ2) is 7.60. The van der Waals surface area contributed by atoms with Crippen molar-refractivity contribution in [3.05, 3.63) is 69.7 Å². The zero-order chi connectivity index (χ0) is 19.4. The molecule has 0 unspecified atom stereocenters. The van der Waals surface area contributed by atoms with Gasteiger partial charge in [0.1, 0.15) is 0 Å². The van der Waals surface area contributed by atoms with Crippen molar-refractivity contribution in [2.24, 2.45) is 0 Å². The average Bonchev–Trinajstić information content (AvgIpc) is 3.09. The maximum atomic E-state index is 12.4. The molecule has 0 radical (unpaired) electrons. The number of pyridine rings is 1. The van der Waals surface area contributed by atoms with E-state index in [1.165, 1.54) is 6.07 Å². The van der Waals surface area contributed by atoms with E-state index in [2.05, 4.69) is 15.5 Å². The van der Waals surface area contributed by atoms with E-state index in [1.54, 1.807) is 29.7 Å². The molecule has 1 N–H and O–H groups in total. The molecule has 27 heavy (non-hydrogen) atoms. The number of fused-ring (bicyclic) bond motifs is 1. The summed E-state index contributed by atoms with van der Waals surface area (Å²) >= 11 is 0. The fraction of sp³-hybridized carbons (Fsp3) is 0.176. The highest BCUT2D eigenvalue weighted by molar-refractivity contribution is 5.98. The fourth-order valence-electron chi connectivity index (χ4n) is 2.45. The van der Waals surface area contributed by atoms with Crippen LogP contribution in [0.1, 0.15) is 33.5 Å². The number of non-ortho nitro benzene ring substituents is 1. The van der Waals surface area contributed by atoms with E-state index in [0.29, 0.717) is 11.5 Å². The van der Waals surface area contributed by atoms with Gasteiger partial charge in [-0.25, -0.2) is 4.79 Å². The molecular weight excluding hydrogens is 354 g/mol. The largest absolute Gasteiger partial charge is 0.462 e. The van der Waals surface area contributed by atoms with Crippen molar-refractivity contribution in [1.29, 1.82) is 0 Å². The molecule has 1 amide bonds. The Bertz CT molecular complexity index is 1030. The minimum absolute atomic E-state index is 0.0268. The third-order valence-electron chi connectivity index (χ3n) is 3.69. The van der Waals surface area contributed by atoms with Crippen molar-refractivity contribution in [1.82, 2.24) is 19.9 Å². The number of rotatable bonds is 6. The number of benzene rings is 1. The molecule has 138 valence electrons. The Morgan fingerprint density at radius 3 is 2.74 bits per heavy atom. The van der Waals surface area contributed by atoms with Gasteiger partial charge >= 0.3 is 5.97 Å². The third kappa shape index (κ3) is 3.89. The molecule has 0 bridgehead atoms. The molecule has 0 atom stereocenters. The summed E-state index contributed by atoms with van der Waals surface area (Å²) in [4.78, 5) is 34.8. The predicted octanol–water partition coefficient (Wildman–Crippen LogP) is 1.74. The average molecular weight is 369 g/mol. The summed E-state index contributed by atoms with van der Waals surface area (Å²) in [5, 5.41) is 21.7. The van der Waals surface area contributed by atoms with Crippen LogP contribution in [0.3, 0.4) is 0 Å². The molecule has 0 spiro atoms. The summed E-state index contributed by atoms with van der Waals surface area (Å²) in [7, 11) is 0. The second-order valence-corrected chi connectivity index (χ2v) is 5.47. The van der Waals surface area contributed by atoms with Crippen molar-refractivity contribution >= 4 is 23.2 Å². The Kier molecular flexibility index (Phi) is 5.06. The molecule has 0 fully saturated rings. The number of esters is 1. The lowest BCUT2D eigenvalue weighted by Crippen LogP contribution is -2.24. The molecule has 0 aliphatic rings. The highest BCUT2D eigenvalue weighted by atomic mass is 16.6. The Morgan fingerprint density at radius 1 is 1.22 bits per heavy atom. The number of aromatic nitrogens is 3. The van der Waals surface area contributed by atoms with Crippen LogP contribution < -0.4 is 5.32 Å². The van der Waals surface area contributed by atoms with Crippen molar-refractivity contribution in [2.45, 2.75) is 13.5 Å². The van der Waals surface area contributed by atoms with Gasteiger partial charge in [-0.2, -0.15) is 0 Å². The van der Waals surface area contributed by atoms with Crippen LogP contribution in [0.2, 0.25) is 0 Å². The Labute approximate surface area is 152 Å². The first kappa shape index (κ1) is 18.0. The summed E-state index contributed by atoms with van der Waals surface area (Å²) in [6.07, 6.45) is 1.75. The van der Waals surface area contributed by atoms with Crippen LogP contribution in [-0.4, -0.2) is 38.0 Å². The van der Waals surface area contributed by atoms with Gasteiger partial charge in [0.2, 0.25) is 0 Å². The standard InChI is InChI=1S/C17H15N5O5/c1-2-27-17(24)12-7-11(8-13(9-12)22(25)26)16(23)18-10-15-20-19-14-5-3-4-6-21(14)15/h3-9H,2,10H2,1H3,(H,18,23). The summed E-state index contributed by atoms with van der Waals surface area (Å²) in [6.45, 7) is 1.79. The number of hydrogen-bond acceptors (Lipinski definition) is 7. The molecule has 0 aliphatic heterocycles. The van der Waals surface area contributed by atoms with E-state index < -0.39 is 16.8 Å². The van der Waals surface area contributed by atoms with E-state index in [4.69, 9.17) is 4.74 Å². The zero-order valence-corrected chi connectivity index (χ0v) is 14.3. The fourth-order valence-corrected chi connectivity index (χ4v) is 2.45. The number of nitrogens with zero attached hydrogens (tertiary/aromatic N) is 4.